The van der Waals surface area contributed by atoms with Crippen molar-refractivity contribution in [2.75, 3.05) is 13.2 Å². The average Bonchev–Trinajstić information content (AvgIpc) is 3.33. The zero-order valence-electron chi connectivity index (χ0n) is 44.4. The van der Waals surface area contributed by atoms with E-state index in [1.807, 2.05) is 0 Å². The smallest absolute Gasteiger partial charge is 0.306 e. The van der Waals surface area contributed by atoms with E-state index >= 15 is 0 Å². The Morgan fingerprint density at radius 2 is 0.552 bits per heavy atom. The van der Waals surface area contributed by atoms with Crippen LogP contribution in [0.5, 0.6) is 0 Å². The Labute approximate surface area is 415 Å². The lowest BCUT2D eigenvalue weighted by atomic mass is 10.1. The van der Waals surface area contributed by atoms with Gasteiger partial charge in [0.15, 0.2) is 6.10 Å². The molecule has 0 saturated heterocycles. The highest BCUT2D eigenvalue weighted by Crippen LogP contribution is 2.15. The van der Waals surface area contributed by atoms with E-state index in [9.17, 15) is 14.4 Å². The topological polar surface area (TPSA) is 78.9 Å². The van der Waals surface area contributed by atoms with Gasteiger partial charge in [-0.15, -0.1) is 0 Å². The van der Waals surface area contributed by atoms with Crippen molar-refractivity contribution in [3.8, 4) is 0 Å². The summed E-state index contributed by atoms with van der Waals surface area (Å²) in [5, 5.41) is 0. The second-order valence-electron chi connectivity index (χ2n) is 19.2. The molecular formula is C61H108O6. The Hall–Kier alpha value is -2.89. The number of hydrogen-bond acceptors (Lipinski definition) is 6. The maximum atomic E-state index is 12.8. The molecule has 0 rings (SSSR count). The molecule has 0 aromatic heterocycles. The lowest BCUT2D eigenvalue weighted by Crippen LogP contribution is -2.30. The number of allylic oxidation sites excluding steroid dienone is 10. The molecule has 0 aliphatic heterocycles. The average molecular weight is 938 g/mol. The van der Waals surface area contributed by atoms with E-state index in [2.05, 4.69) is 81.5 Å². The first-order valence-corrected chi connectivity index (χ1v) is 28.8. The van der Waals surface area contributed by atoms with E-state index < -0.39 is 6.10 Å². The summed E-state index contributed by atoms with van der Waals surface area (Å²) in [4.78, 5) is 38.1. The Balaban J connectivity index is 4.44. The van der Waals surface area contributed by atoms with Crippen molar-refractivity contribution in [1.82, 2.24) is 0 Å². The van der Waals surface area contributed by atoms with Crippen LogP contribution < -0.4 is 0 Å². The van der Waals surface area contributed by atoms with Crippen molar-refractivity contribution in [3.05, 3.63) is 60.8 Å². The van der Waals surface area contributed by atoms with Crippen molar-refractivity contribution in [2.24, 2.45) is 0 Å². The highest BCUT2D eigenvalue weighted by Gasteiger charge is 2.19. The molecule has 6 heteroatoms. The highest BCUT2D eigenvalue weighted by molar-refractivity contribution is 5.71. The molecule has 388 valence electrons. The highest BCUT2D eigenvalue weighted by atomic mass is 16.6. The number of carbonyl (C=O) groups excluding carboxylic acids is 3. The van der Waals surface area contributed by atoms with Gasteiger partial charge in [0.2, 0.25) is 0 Å². The lowest BCUT2D eigenvalue weighted by molar-refractivity contribution is -0.167. The fraction of sp³-hybridized carbons (Fsp3) is 0.787. The zero-order chi connectivity index (χ0) is 48.6. The minimum absolute atomic E-state index is 0.0928. The summed E-state index contributed by atoms with van der Waals surface area (Å²) >= 11 is 0. The summed E-state index contributed by atoms with van der Waals surface area (Å²) in [6, 6.07) is 0. The molecule has 0 heterocycles. The van der Waals surface area contributed by atoms with Crippen LogP contribution in [0, 0.1) is 0 Å². The number of hydrogen-bond donors (Lipinski definition) is 0. The predicted octanol–water partition coefficient (Wildman–Crippen LogP) is 19.2. The summed E-state index contributed by atoms with van der Waals surface area (Å²) in [6.07, 6.45) is 69.3. The van der Waals surface area contributed by atoms with E-state index in [-0.39, 0.29) is 37.5 Å². The fourth-order valence-electron chi connectivity index (χ4n) is 8.10. The van der Waals surface area contributed by atoms with Crippen LogP contribution in [0.1, 0.15) is 290 Å². The molecule has 0 fully saturated rings. The van der Waals surface area contributed by atoms with Gasteiger partial charge < -0.3 is 14.2 Å². The third kappa shape index (κ3) is 53.9. The fourth-order valence-corrected chi connectivity index (χ4v) is 8.10. The summed E-state index contributed by atoms with van der Waals surface area (Å²) in [5.41, 5.74) is 0. The van der Waals surface area contributed by atoms with E-state index in [1.165, 1.54) is 186 Å². The Bertz CT molecular complexity index is 1210. The Morgan fingerprint density at radius 3 is 0.925 bits per heavy atom. The van der Waals surface area contributed by atoms with Crippen molar-refractivity contribution < 1.29 is 28.6 Å². The molecule has 0 spiro atoms. The molecule has 0 aliphatic rings. The molecule has 0 aromatic rings. The minimum Gasteiger partial charge on any atom is -0.462 e. The van der Waals surface area contributed by atoms with Gasteiger partial charge in [0.05, 0.1) is 0 Å². The predicted molar refractivity (Wildman–Crippen MR) is 288 cm³/mol. The first-order valence-electron chi connectivity index (χ1n) is 28.8. The standard InChI is InChI=1S/C61H108O6/c1-4-7-10-13-16-19-22-25-28-30-33-35-38-41-44-47-50-53-59(62)65-56-58(67-61(64)55-52-49-46-43-40-37-32-27-24-21-18-15-12-9-6-3)57-66-60(63)54-51-48-45-42-39-36-34-31-29-26-23-20-17-14-11-8-5-2/h21,24-26,28-29,33,35,41,44,58H,4-20,22-23,27,30-32,34,36-40,42-43,45-57H2,1-3H3/b24-21-,28-25-,29-26-,35-33-,44-41-/t58-/m1/s1. The maximum Gasteiger partial charge on any atom is 0.306 e. The molecular weight excluding hydrogens is 829 g/mol. The Morgan fingerprint density at radius 1 is 0.299 bits per heavy atom. The molecule has 6 nitrogen and oxygen atoms in total. The molecule has 0 bridgehead atoms. The van der Waals surface area contributed by atoms with Gasteiger partial charge in [0.25, 0.3) is 0 Å². The molecule has 0 saturated carbocycles. The van der Waals surface area contributed by atoms with Gasteiger partial charge in [-0.25, -0.2) is 0 Å². The van der Waals surface area contributed by atoms with Gasteiger partial charge in [-0.2, -0.15) is 0 Å². The van der Waals surface area contributed by atoms with Crippen LogP contribution in [-0.2, 0) is 28.6 Å². The number of carbonyl (C=O) groups is 3. The number of esters is 3. The van der Waals surface area contributed by atoms with Gasteiger partial charge in [0.1, 0.15) is 13.2 Å². The first-order chi connectivity index (χ1) is 33.0. The zero-order valence-corrected chi connectivity index (χ0v) is 44.4. The van der Waals surface area contributed by atoms with Gasteiger partial charge in [-0.3, -0.25) is 14.4 Å². The second-order valence-corrected chi connectivity index (χ2v) is 19.2. The molecule has 0 amide bonds. The van der Waals surface area contributed by atoms with Crippen molar-refractivity contribution in [1.29, 1.82) is 0 Å². The second kappa shape index (κ2) is 55.7. The summed E-state index contributed by atoms with van der Waals surface area (Å²) in [5.74, 6) is -0.946. The van der Waals surface area contributed by atoms with Crippen LogP contribution in [-0.4, -0.2) is 37.2 Å². The SMILES string of the molecule is CCCCCC/C=C\CCCCCCCCCC(=O)O[C@H](COC(=O)CCC/C=C\C/C=C\C/C=C\CCCCCCCC)COC(=O)CCCCCCCCC/C=C\CCCCCCCC. The van der Waals surface area contributed by atoms with E-state index in [0.29, 0.717) is 19.3 Å². The molecule has 0 N–H and O–H groups in total. The minimum atomic E-state index is -0.798. The third-order valence-electron chi connectivity index (χ3n) is 12.5. The molecule has 0 aromatic carbocycles. The molecule has 0 aliphatic carbocycles. The van der Waals surface area contributed by atoms with Crippen LogP contribution >= 0.6 is 0 Å². The number of rotatable bonds is 52. The van der Waals surface area contributed by atoms with Crippen molar-refractivity contribution in [3.63, 3.8) is 0 Å². The summed E-state index contributed by atoms with van der Waals surface area (Å²) in [7, 11) is 0. The molecule has 0 unspecified atom stereocenters. The van der Waals surface area contributed by atoms with Crippen LogP contribution in [0.15, 0.2) is 60.8 Å². The molecule has 1 atom stereocenters. The van der Waals surface area contributed by atoms with Crippen LogP contribution in [0.25, 0.3) is 0 Å². The van der Waals surface area contributed by atoms with E-state index in [1.54, 1.807) is 0 Å². The normalized spacial score (nSPS) is 12.5. The van der Waals surface area contributed by atoms with Crippen LogP contribution in [0.3, 0.4) is 0 Å². The monoisotopic (exact) mass is 937 g/mol. The number of unbranched alkanes of at least 4 members (excludes halogenated alkanes) is 31. The van der Waals surface area contributed by atoms with Gasteiger partial charge in [0, 0.05) is 19.3 Å². The van der Waals surface area contributed by atoms with Gasteiger partial charge in [-0.1, -0.05) is 229 Å². The third-order valence-corrected chi connectivity index (χ3v) is 12.5. The maximum absolute atomic E-state index is 12.8. The molecule has 67 heavy (non-hydrogen) atoms. The number of ether oxygens (including phenoxy) is 3. The van der Waals surface area contributed by atoms with Gasteiger partial charge >= 0.3 is 17.9 Å². The van der Waals surface area contributed by atoms with Crippen LogP contribution in [0.2, 0.25) is 0 Å². The largest absolute Gasteiger partial charge is 0.462 e. The lowest BCUT2D eigenvalue weighted by Gasteiger charge is -2.18. The van der Waals surface area contributed by atoms with Crippen LogP contribution in [0.4, 0.5) is 0 Å². The summed E-state index contributed by atoms with van der Waals surface area (Å²) in [6.45, 7) is 6.59. The van der Waals surface area contributed by atoms with E-state index in [4.69, 9.17) is 14.2 Å². The summed E-state index contributed by atoms with van der Waals surface area (Å²) < 4.78 is 16.8. The molecule has 0 radical (unpaired) electrons. The van der Waals surface area contributed by atoms with Crippen molar-refractivity contribution in [2.45, 2.75) is 297 Å². The Kier molecular flexibility index (Phi) is 53.3. The first kappa shape index (κ1) is 64.1. The van der Waals surface area contributed by atoms with E-state index in [0.717, 1.165) is 57.8 Å². The quantitative estimate of drug-likeness (QED) is 0.0262. The van der Waals surface area contributed by atoms with Gasteiger partial charge in [-0.05, 0) is 103 Å². The van der Waals surface area contributed by atoms with Crippen molar-refractivity contribution >= 4 is 17.9 Å².